The molecule has 136 valence electrons. The molecule has 0 spiro atoms. The lowest BCUT2D eigenvalue weighted by Crippen LogP contribution is -2.42. The Bertz CT molecular complexity index is 806. The molecule has 1 aliphatic heterocycles. The van der Waals surface area contributed by atoms with E-state index in [1.165, 1.54) is 16.6 Å². The maximum Gasteiger partial charge on any atom is 0.246 e. The van der Waals surface area contributed by atoms with Gasteiger partial charge in [0.2, 0.25) is 27.7 Å². The van der Waals surface area contributed by atoms with Crippen molar-refractivity contribution in [2.24, 2.45) is 0 Å². The quantitative estimate of drug-likeness (QED) is 0.748. The van der Waals surface area contributed by atoms with Crippen LogP contribution in [0.15, 0.2) is 27.6 Å². The van der Waals surface area contributed by atoms with E-state index in [-0.39, 0.29) is 24.6 Å². The Morgan fingerprint density at radius 2 is 2.16 bits per heavy atom. The van der Waals surface area contributed by atoms with Gasteiger partial charge >= 0.3 is 0 Å². The normalized spacial score (nSPS) is 19.0. The van der Waals surface area contributed by atoms with Crippen LogP contribution in [0.1, 0.15) is 31.7 Å². The molecule has 0 N–H and O–H groups in total. The summed E-state index contributed by atoms with van der Waals surface area (Å²) in [6, 6.07) is 3.03. The van der Waals surface area contributed by atoms with Crippen LogP contribution in [-0.4, -0.2) is 54.2 Å². The molecule has 0 radical (unpaired) electrons. The standard InChI is InChI=1S/C15H20N4O5S/c1-3-13-17-18-15(24-13)12-10-19(7-8-23-12)25(20,21)11-5-6-14(16-9-11)22-4-2/h5-6,9,12H,3-4,7-8,10H2,1-2H3/t12-/m1/s1. The van der Waals surface area contributed by atoms with E-state index in [9.17, 15) is 8.42 Å². The van der Waals surface area contributed by atoms with Gasteiger partial charge in [-0.2, -0.15) is 4.31 Å². The number of aromatic nitrogens is 3. The fourth-order valence-corrected chi connectivity index (χ4v) is 3.81. The van der Waals surface area contributed by atoms with Gasteiger partial charge in [-0.3, -0.25) is 0 Å². The molecule has 0 bridgehead atoms. The van der Waals surface area contributed by atoms with Crippen LogP contribution in [-0.2, 0) is 21.2 Å². The predicted octanol–water partition coefficient (Wildman–Crippen LogP) is 1.19. The average molecular weight is 368 g/mol. The zero-order valence-corrected chi connectivity index (χ0v) is 14.9. The highest BCUT2D eigenvalue weighted by Crippen LogP contribution is 2.26. The molecule has 9 nitrogen and oxygen atoms in total. The molecule has 1 fully saturated rings. The Labute approximate surface area is 146 Å². The number of ether oxygens (including phenoxy) is 2. The maximum atomic E-state index is 12.8. The summed E-state index contributed by atoms with van der Waals surface area (Å²) in [4.78, 5) is 4.13. The molecule has 0 aliphatic carbocycles. The van der Waals surface area contributed by atoms with E-state index in [1.54, 1.807) is 6.07 Å². The molecule has 25 heavy (non-hydrogen) atoms. The van der Waals surface area contributed by atoms with Crippen molar-refractivity contribution in [2.45, 2.75) is 31.3 Å². The predicted molar refractivity (Wildman–Crippen MR) is 86.5 cm³/mol. The van der Waals surface area contributed by atoms with Gasteiger partial charge in [0.05, 0.1) is 19.4 Å². The molecule has 2 aromatic rings. The summed E-state index contributed by atoms with van der Waals surface area (Å²) in [5.74, 6) is 1.18. The van der Waals surface area contributed by atoms with Crippen LogP contribution < -0.4 is 4.74 Å². The van der Waals surface area contributed by atoms with Crippen LogP contribution in [0.2, 0.25) is 0 Å². The largest absolute Gasteiger partial charge is 0.478 e. The van der Waals surface area contributed by atoms with E-state index in [4.69, 9.17) is 13.9 Å². The molecule has 0 unspecified atom stereocenters. The number of hydrogen-bond acceptors (Lipinski definition) is 8. The number of morpholine rings is 1. The average Bonchev–Trinajstić information content (AvgIpc) is 3.12. The third kappa shape index (κ3) is 3.80. The minimum absolute atomic E-state index is 0.108. The van der Waals surface area contributed by atoms with Gasteiger partial charge in [0.1, 0.15) is 11.0 Å². The zero-order valence-electron chi connectivity index (χ0n) is 14.1. The monoisotopic (exact) mass is 368 g/mol. The van der Waals surface area contributed by atoms with Gasteiger partial charge in [-0.05, 0) is 13.0 Å². The minimum Gasteiger partial charge on any atom is -0.478 e. The summed E-state index contributed by atoms with van der Waals surface area (Å²) in [5.41, 5.74) is 0. The Morgan fingerprint density at radius 3 is 2.80 bits per heavy atom. The number of hydrogen-bond donors (Lipinski definition) is 0. The molecular weight excluding hydrogens is 348 g/mol. The van der Waals surface area contributed by atoms with Crippen molar-refractivity contribution in [1.29, 1.82) is 0 Å². The van der Waals surface area contributed by atoms with E-state index < -0.39 is 16.1 Å². The van der Waals surface area contributed by atoms with Crippen molar-refractivity contribution < 1.29 is 22.3 Å². The van der Waals surface area contributed by atoms with E-state index in [0.29, 0.717) is 30.7 Å². The first-order chi connectivity index (χ1) is 12.0. The maximum absolute atomic E-state index is 12.8. The van der Waals surface area contributed by atoms with Crippen LogP contribution in [0.5, 0.6) is 5.88 Å². The third-order valence-corrected chi connectivity index (χ3v) is 5.58. The van der Waals surface area contributed by atoms with Gasteiger partial charge in [0.15, 0.2) is 0 Å². The number of nitrogens with zero attached hydrogens (tertiary/aromatic N) is 4. The molecule has 0 saturated carbocycles. The smallest absolute Gasteiger partial charge is 0.246 e. The van der Waals surface area contributed by atoms with Crippen LogP contribution >= 0.6 is 0 Å². The molecule has 1 atom stereocenters. The first-order valence-corrected chi connectivity index (χ1v) is 9.51. The first-order valence-electron chi connectivity index (χ1n) is 8.07. The Balaban J connectivity index is 1.77. The lowest BCUT2D eigenvalue weighted by atomic mass is 10.3. The molecule has 3 rings (SSSR count). The van der Waals surface area contributed by atoms with Crippen molar-refractivity contribution in [1.82, 2.24) is 19.5 Å². The molecule has 1 saturated heterocycles. The molecule has 3 heterocycles. The second-order valence-corrected chi connectivity index (χ2v) is 7.31. The number of rotatable bonds is 6. The Hall–Kier alpha value is -2.04. The summed E-state index contributed by atoms with van der Waals surface area (Å²) in [6.07, 6.45) is 1.33. The van der Waals surface area contributed by atoms with Gasteiger partial charge in [-0.25, -0.2) is 13.4 Å². The van der Waals surface area contributed by atoms with E-state index in [1.807, 2.05) is 13.8 Å². The van der Waals surface area contributed by atoms with Gasteiger partial charge in [-0.1, -0.05) is 6.92 Å². The minimum atomic E-state index is -3.69. The SMILES string of the molecule is CCOc1ccc(S(=O)(=O)N2CCO[C@@H](c3nnc(CC)o3)C2)cn1. The van der Waals surface area contributed by atoms with Crippen LogP contribution in [0.25, 0.3) is 0 Å². The van der Waals surface area contributed by atoms with Gasteiger partial charge in [-0.15, -0.1) is 10.2 Å². The second-order valence-electron chi connectivity index (χ2n) is 5.38. The van der Waals surface area contributed by atoms with Gasteiger partial charge in [0, 0.05) is 25.6 Å². The number of sulfonamides is 1. The van der Waals surface area contributed by atoms with Crippen LogP contribution in [0, 0.1) is 0 Å². The Morgan fingerprint density at radius 1 is 1.32 bits per heavy atom. The highest BCUT2D eigenvalue weighted by molar-refractivity contribution is 7.89. The first kappa shape index (κ1) is 17.8. The topological polar surface area (TPSA) is 108 Å². The number of aryl methyl sites for hydroxylation is 1. The lowest BCUT2D eigenvalue weighted by molar-refractivity contribution is -0.0178. The van der Waals surface area contributed by atoms with Crippen molar-refractivity contribution in [3.05, 3.63) is 30.1 Å². The molecule has 0 aromatic carbocycles. The highest BCUT2D eigenvalue weighted by Gasteiger charge is 2.34. The van der Waals surface area contributed by atoms with E-state index in [0.717, 1.165) is 0 Å². The molecule has 1 aliphatic rings. The number of pyridine rings is 1. The fraction of sp³-hybridized carbons (Fsp3) is 0.533. The van der Waals surface area contributed by atoms with Crippen LogP contribution in [0.3, 0.4) is 0 Å². The van der Waals surface area contributed by atoms with Crippen molar-refractivity contribution in [3.8, 4) is 5.88 Å². The van der Waals surface area contributed by atoms with Crippen molar-refractivity contribution in [3.63, 3.8) is 0 Å². The van der Waals surface area contributed by atoms with Gasteiger partial charge in [0.25, 0.3) is 0 Å². The summed E-state index contributed by atoms with van der Waals surface area (Å²) in [7, 11) is -3.69. The summed E-state index contributed by atoms with van der Waals surface area (Å²) < 4.78 is 43.3. The summed E-state index contributed by atoms with van der Waals surface area (Å²) in [6.45, 7) is 4.81. The highest BCUT2D eigenvalue weighted by atomic mass is 32.2. The lowest BCUT2D eigenvalue weighted by Gasteiger charge is -2.30. The second kappa shape index (κ2) is 7.46. The summed E-state index contributed by atoms with van der Waals surface area (Å²) in [5, 5.41) is 7.83. The molecule has 10 heteroatoms. The van der Waals surface area contributed by atoms with E-state index in [2.05, 4.69) is 15.2 Å². The van der Waals surface area contributed by atoms with E-state index >= 15 is 0 Å². The molecule has 2 aromatic heterocycles. The van der Waals surface area contributed by atoms with Crippen LogP contribution in [0.4, 0.5) is 0 Å². The van der Waals surface area contributed by atoms with Gasteiger partial charge < -0.3 is 13.9 Å². The molecule has 0 amide bonds. The fourth-order valence-electron chi connectivity index (χ4n) is 2.43. The Kier molecular flexibility index (Phi) is 5.30. The van der Waals surface area contributed by atoms with Crippen molar-refractivity contribution >= 4 is 10.0 Å². The molecular formula is C15H20N4O5S. The zero-order chi connectivity index (χ0) is 17.9. The third-order valence-electron chi connectivity index (χ3n) is 3.73. The summed E-state index contributed by atoms with van der Waals surface area (Å²) >= 11 is 0. The van der Waals surface area contributed by atoms with Crippen molar-refractivity contribution in [2.75, 3.05) is 26.3 Å².